The van der Waals surface area contributed by atoms with E-state index in [0.717, 1.165) is 6.07 Å². The van der Waals surface area contributed by atoms with E-state index < -0.39 is 17.6 Å². The zero-order chi connectivity index (χ0) is 20.9. The van der Waals surface area contributed by atoms with E-state index in [1.54, 1.807) is 18.2 Å². The van der Waals surface area contributed by atoms with Crippen LogP contribution in [0.15, 0.2) is 48.5 Å². The summed E-state index contributed by atoms with van der Waals surface area (Å²) in [5.74, 6) is -1.19. The fourth-order valence-corrected chi connectivity index (χ4v) is 2.63. The first kappa shape index (κ1) is 21.1. The van der Waals surface area contributed by atoms with E-state index in [-0.39, 0.29) is 30.3 Å². The number of para-hydroxylation sites is 1. The fraction of sp³-hybridized carbons (Fsp3) is 0.250. The van der Waals surface area contributed by atoms with E-state index >= 15 is 0 Å². The molecule has 0 saturated heterocycles. The Bertz CT molecular complexity index is 894. The van der Waals surface area contributed by atoms with Crippen LogP contribution < -0.4 is 10.2 Å². The standard InChI is InChI=1S/C20H19F3N2O3/c1-13(26)15-6-5-7-16(12-15)25(14(2)27)11-10-19(28)24-18-9-4-3-8-17(18)20(21,22)23/h3-9,12H,10-11H2,1-2H3,(H,24,28). The van der Waals surface area contributed by atoms with Gasteiger partial charge in [0.25, 0.3) is 0 Å². The number of rotatable bonds is 6. The van der Waals surface area contributed by atoms with Crippen molar-refractivity contribution in [2.75, 3.05) is 16.8 Å². The van der Waals surface area contributed by atoms with Crippen molar-refractivity contribution in [2.45, 2.75) is 26.4 Å². The molecule has 0 aromatic heterocycles. The summed E-state index contributed by atoms with van der Waals surface area (Å²) >= 11 is 0. The SMILES string of the molecule is CC(=O)c1cccc(N(CCC(=O)Nc2ccccc2C(F)(F)F)C(C)=O)c1. The van der Waals surface area contributed by atoms with Crippen LogP contribution in [-0.2, 0) is 15.8 Å². The summed E-state index contributed by atoms with van der Waals surface area (Å²) in [6.07, 6.45) is -4.81. The number of halogens is 3. The lowest BCUT2D eigenvalue weighted by atomic mass is 10.1. The first-order valence-electron chi connectivity index (χ1n) is 8.45. The molecule has 0 aliphatic rings. The Kier molecular flexibility index (Phi) is 6.56. The first-order valence-corrected chi connectivity index (χ1v) is 8.45. The largest absolute Gasteiger partial charge is 0.418 e. The number of nitrogens with one attached hydrogen (secondary N) is 1. The topological polar surface area (TPSA) is 66.5 Å². The van der Waals surface area contributed by atoms with Gasteiger partial charge in [-0.3, -0.25) is 14.4 Å². The molecule has 0 radical (unpaired) electrons. The zero-order valence-corrected chi connectivity index (χ0v) is 15.3. The van der Waals surface area contributed by atoms with Gasteiger partial charge in [0.1, 0.15) is 0 Å². The number of benzene rings is 2. The molecule has 8 heteroatoms. The Morgan fingerprint density at radius 1 is 1.00 bits per heavy atom. The number of carbonyl (C=O) groups is 3. The van der Waals surface area contributed by atoms with Gasteiger partial charge in [-0.05, 0) is 31.2 Å². The van der Waals surface area contributed by atoms with Gasteiger partial charge in [-0.2, -0.15) is 13.2 Å². The number of alkyl halides is 3. The number of carbonyl (C=O) groups excluding carboxylic acids is 3. The van der Waals surface area contributed by atoms with Crippen molar-refractivity contribution in [1.29, 1.82) is 0 Å². The second kappa shape index (κ2) is 8.69. The van der Waals surface area contributed by atoms with E-state index in [1.165, 1.54) is 43.0 Å². The van der Waals surface area contributed by atoms with Crippen LogP contribution in [0.3, 0.4) is 0 Å². The van der Waals surface area contributed by atoms with Crippen LogP contribution in [0.5, 0.6) is 0 Å². The van der Waals surface area contributed by atoms with E-state index in [2.05, 4.69) is 5.32 Å². The average molecular weight is 392 g/mol. The lowest BCUT2D eigenvalue weighted by Gasteiger charge is -2.21. The maximum atomic E-state index is 13.0. The van der Waals surface area contributed by atoms with Crippen LogP contribution in [-0.4, -0.2) is 24.1 Å². The smallest absolute Gasteiger partial charge is 0.325 e. The van der Waals surface area contributed by atoms with Gasteiger partial charge in [0.15, 0.2) is 5.78 Å². The van der Waals surface area contributed by atoms with Crippen molar-refractivity contribution in [3.63, 3.8) is 0 Å². The third kappa shape index (κ3) is 5.42. The minimum absolute atomic E-state index is 0.0449. The molecule has 0 spiro atoms. The molecule has 0 bridgehead atoms. The zero-order valence-electron chi connectivity index (χ0n) is 15.3. The van der Waals surface area contributed by atoms with Crippen molar-refractivity contribution in [3.05, 3.63) is 59.7 Å². The number of anilines is 2. The molecule has 2 rings (SSSR count). The predicted octanol–water partition coefficient (Wildman–Crippen LogP) is 4.29. The highest BCUT2D eigenvalue weighted by atomic mass is 19.4. The maximum absolute atomic E-state index is 13.0. The van der Waals surface area contributed by atoms with E-state index in [1.807, 2.05) is 0 Å². The summed E-state index contributed by atoms with van der Waals surface area (Å²) < 4.78 is 39.0. The first-order chi connectivity index (χ1) is 13.1. The Morgan fingerprint density at radius 2 is 1.68 bits per heavy atom. The normalized spacial score (nSPS) is 11.0. The van der Waals surface area contributed by atoms with E-state index in [9.17, 15) is 27.6 Å². The lowest BCUT2D eigenvalue weighted by molar-refractivity contribution is -0.137. The number of amides is 2. The highest BCUT2D eigenvalue weighted by Crippen LogP contribution is 2.34. The second-order valence-electron chi connectivity index (χ2n) is 6.12. The molecule has 0 heterocycles. The summed E-state index contributed by atoms with van der Waals surface area (Å²) in [6.45, 7) is 2.65. The molecule has 0 aliphatic heterocycles. The fourth-order valence-electron chi connectivity index (χ4n) is 2.63. The highest BCUT2D eigenvalue weighted by Gasteiger charge is 2.33. The molecule has 2 amide bonds. The molecule has 0 atom stereocenters. The molecule has 0 fully saturated rings. The van der Waals surface area contributed by atoms with Gasteiger partial charge in [-0.1, -0.05) is 24.3 Å². The van der Waals surface area contributed by atoms with Crippen molar-refractivity contribution >= 4 is 29.0 Å². The molecular weight excluding hydrogens is 373 g/mol. The van der Waals surface area contributed by atoms with Gasteiger partial charge >= 0.3 is 6.18 Å². The summed E-state index contributed by atoms with van der Waals surface area (Å²) in [4.78, 5) is 36.9. The van der Waals surface area contributed by atoms with Gasteiger partial charge in [0.2, 0.25) is 11.8 Å². The Morgan fingerprint density at radius 3 is 2.29 bits per heavy atom. The third-order valence-corrected chi connectivity index (χ3v) is 4.01. The Balaban J connectivity index is 2.11. The van der Waals surface area contributed by atoms with Gasteiger partial charge in [-0.15, -0.1) is 0 Å². The predicted molar refractivity (Wildman–Crippen MR) is 99.2 cm³/mol. The van der Waals surface area contributed by atoms with Crippen molar-refractivity contribution in [3.8, 4) is 0 Å². The van der Waals surface area contributed by atoms with Gasteiger partial charge in [-0.25, -0.2) is 0 Å². The number of Topliss-reactive ketones (excluding diaryl/α,β-unsaturated/α-hetero) is 1. The summed E-state index contributed by atoms with van der Waals surface area (Å²) in [7, 11) is 0. The second-order valence-corrected chi connectivity index (χ2v) is 6.12. The highest BCUT2D eigenvalue weighted by molar-refractivity contribution is 5.98. The molecule has 1 N–H and O–H groups in total. The molecular formula is C20H19F3N2O3. The van der Waals surface area contributed by atoms with Crippen LogP contribution in [0.4, 0.5) is 24.5 Å². The minimum atomic E-state index is -4.59. The monoisotopic (exact) mass is 392 g/mol. The number of nitrogens with zero attached hydrogens (tertiary/aromatic N) is 1. The van der Waals surface area contributed by atoms with Crippen molar-refractivity contribution in [2.24, 2.45) is 0 Å². The minimum Gasteiger partial charge on any atom is -0.325 e. The van der Waals surface area contributed by atoms with Crippen molar-refractivity contribution in [1.82, 2.24) is 0 Å². The quantitative estimate of drug-likeness (QED) is 0.746. The van der Waals surface area contributed by atoms with Gasteiger partial charge in [0.05, 0.1) is 11.3 Å². The van der Waals surface area contributed by atoms with Crippen LogP contribution >= 0.6 is 0 Å². The summed E-state index contributed by atoms with van der Waals surface area (Å²) in [5.41, 5.74) is -0.440. The van der Waals surface area contributed by atoms with Crippen LogP contribution in [0.1, 0.15) is 36.2 Å². The molecule has 2 aromatic rings. The maximum Gasteiger partial charge on any atom is 0.418 e. The summed E-state index contributed by atoms with van der Waals surface area (Å²) in [6, 6.07) is 11.0. The molecule has 0 unspecified atom stereocenters. The molecule has 28 heavy (non-hydrogen) atoms. The summed E-state index contributed by atoms with van der Waals surface area (Å²) in [5, 5.41) is 2.24. The molecule has 148 valence electrons. The van der Waals surface area contributed by atoms with Crippen LogP contribution in [0, 0.1) is 0 Å². The molecule has 5 nitrogen and oxygen atoms in total. The number of ketones is 1. The van der Waals surface area contributed by atoms with Crippen molar-refractivity contribution < 1.29 is 27.6 Å². The average Bonchev–Trinajstić information content (AvgIpc) is 2.61. The molecule has 0 saturated carbocycles. The molecule has 2 aromatic carbocycles. The van der Waals surface area contributed by atoms with Crippen LogP contribution in [0.25, 0.3) is 0 Å². The van der Waals surface area contributed by atoms with Gasteiger partial charge < -0.3 is 10.2 Å². The lowest BCUT2D eigenvalue weighted by Crippen LogP contribution is -2.32. The number of hydrogen-bond acceptors (Lipinski definition) is 3. The third-order valence-electron chi connectivity index (χ3n) is 4.01. The van der Waals surface area contributed by atoms with Crippen LogP contribution in [0.2, 0.25) is 0 Å². The Hall–Kier alpha value is -3.16. The Labute approximate surface area is 160 Å². The van der Waals surface area contributed by atoms with E-state index in [4.69, 9.17) is 0 Å². The molecule has 0 aliphatic carbocycles. The van der Waals surface area contributed by atoms with Gasteiger partial charge in [0, 0.05) is 31.1 Å². The number of hydrogen-bond donors (Lipinski definition) is 1. The van der Waals surface area contributed by atoms with E-state index in [0.29, 0.717) is 11.3 Å².